The fourth-order valence-electron chi connectivity index (χ4n) is 2.49. The first-order valence-electron chi connectivity index (χ1n) is 8.73. The Kier molecular flexibility index (Phi) is 6.71. The van der Waals surface area contributed by atoms with Crippen molar-refractivity contribution in [1.82, 2.24) is 5.43 Å². The van der Waals surface area contributed by atoms with Crippen LogP contribution >= 0.6 is 11.6 Å². The number of methoxy groups -OCH3 is 1. The van der Waals surface area contributed by atoms with Crippen molar-refractivity contribution in [1.29, 1.82) is 0 Å². The Bertz CT molecular complexity index is 1020. The van der Waals surface area contributed by atoms with Gasteiger partial charge in [-0.3, -0.25) is 4.79 Å². The van der Waals surface area contributed by atoms with Gasteiger partial charge in [0.2, 0.25) is 0 Å². The Hall–Kier alpha value is -3.51. The molecule has 3 aromatic carbocycles. The first kappa shape index (κ1) is 20.2. The summed E-state index contributed by atoms with van der Waals surface area (Å²) in [5.74, 6) is 0.409. The fourth-order valence-corrected chi connectivity index (χ4v) is 2.61. The SMILES string of the molecule is COc1ccc(C(=O)N/N=C\c2cccc(OCc3ccc(Cl)cc3)c2)c(O)c1. The molecule has 148 valence electrons. The molecule has 0 aliphatic heterocycles. The molecule has 0 aromatic heterocycles. The largest absolute Gasteiger partial charge is 0.507 e. The summed E-state index contributed by atoms with van der Waals surface area (Å²) in [5.41, 5.74) is 4.23. The zero-order valence-electron chi connectivity index (χ0n) is 15.6. The van der Waals surface area contributed by atoms with Gasteiger partial charge in [0.25, 0.3) is 5.91 Å². The number of hydrogen-bond acceptors (Lipinski definition) is 5. The summed E-state index contributed by atoms with van der Waals surface area (Å²) >= 11 is 5.88. The summed E-state index contributed by atoms with van der Waals surface area (Å²) in [4.78, 5) is 12.1. The van der Waals surface area contributed by atoms with E-state index in [0.717, 1.165) is 11.1 Å². The topological polar surface area (TPSA) is 80.2 Å². The van der Waals surface area contributed by atoms with Crippen molar-refractivity contribution in [2.24, 2.45) is 5.10 Å². The van der Waals surface area contributed by atoms with Crippen LogP contribution in [-0.2, 0) is 6.61 Å². The maximum Gasteiger partial charge on any atom is 0.275 e. The van der Waals surface area contributed by atoms with Crippen LogP contribution in [0.15, 0.2) is 71.8 Å². The average Bonchev–Trinajstić information content (AvgIpc) is 2.73. The molecule has 0 unspecified atom stereocenters. The first-order valence-corrected chi connectivity index (χ1v) is 9.10. The van der Waals surface area contributed by atoms with Gasteiger partial charge in [-0.05, 0) is 47.5 Å². The normalized spacial score (nSPS) is 10.7. The van der Waals surface area contributed by atoms with E-state index in [1.807, 2.05) is 42.5 Å². The van der Waals surface area contributed by atoms with Crippen molar-refractivity contribution in [2.75, 3.05) is 7.11 Å². The highest BCUT2D eigenvalue weighted by molar-refractivity contribution is 6.30. The summed E-state index contributed by atoms with van der Waals surface area (Å²) in [6.07, 6.45) is 1.49. The number of phenols is 1. The lowest BCUT2D eigenvalue weighted by molar-refractivity contribution is 0.0952. The summed E-state index contributed by atoms with van der Waals surface area (Å²) in [6, 6.07) is 19.1. The van der Waals surface area contributed by atoms with Crippen molar-refractivity contribution in [3.63, 3.8) is 0 Å². The number of phenolic OH excluding ortho intramolecular Hbond substituents is 1. The van der Waals surface area contributed by atoms with Gasteiger partial charge in [0.1, 0.15) is 23.9 Å². The molecule has 3 aromatic rings. The first-order chi connectivity index (χ1) is 14.0. The second-order valence-corrected chi connectivity index (χ2v) is 6.51. The lowest BCUT2D eigenvalue weighted by Crippen LogP contribution is -2.17. The number of rotatable bonds is 7. The van der Waals surface area contributed by atoms with Gasteiger partial charge in [-0.25, -0.2) is 5.43 Å². The number of benzene rings is 3. The number of hydrogen-bond donors (Lipinski definition) is 2. The molecule has 0 fully saturated rings. The molecule has 29 heavy (non-hydrogen) atoms. The van der Waals surface area contributed by atoms with Crippen molar-refractivity contribution in [3.8, 4) is 17.2 Å². The van der Waals surface area contributed by atoms with Gasteiger partial charge >= 0.3 is 0 Å². The molecule has 7 heteroatoms. The molecule has 3 rings (SSSR count). The minimum atomic E-state index is -0.531. The third-order valence-corrected chi connectivity index (χ3v) is 4.26. The highest BCUT2D eigenvalue weighted by Crippen LogP contribution is 2.23. The van der Waals surface area contributed by atoms with Crippen LogP contribution in [0.1, 0.15) is 21.5 Å². The number of halogens is 1. The maximum atomic E-state index is 12.1. The highest BCUT2D eigenvalue weighted by Gasteiger charge is 2.11. The smallest absolute Gasteiger partial charge is 0.275 e. The van der Waals surface area contributed by atoms with Crippen molar-refractivity contribution in [3.05, 3.63) is 88.4 Å². The lowest BCUT2D eigenvalue weighted by Gasteiger charge is -2.07. The second kappa shape index (κ2) is 9.61. The Balaban J connectivity index is 1.58. The maximum absolute atomic E-state index is 12.1. The molecule has 0 aliphatic rings. The van der Waals surface area contributed by atoms with E-state index in [0.29, 0.717) is 23.1 Å². The summed E-state index contributed by atoms with van der Waals surface area (Å²) in [6.45, 7) is 0.408. The van der Waals surface area contributed by atoms with Crippen LogP contribution in [0.25, 0.3) is 0 Å². The van der Waals surface area contributed by atoms with Crippen LogP contribution in [0.5, 0.6) is 17.2 Å². The van der Waals surface area contributed by atoms with Crippen LogP contribution in [0, 0.1) is 0 Å². The lowest BCUT2D eigenvalue weighted by atomic mass is 10.2. The molecular weight excluding hydrogens is 392 g/mol. The van der Waals surface area contributed by atoms with E-state index in [1.165, 1.54) is 25.5 Å². The molecular formula is C22H19ClN2O4. The van der Waals surface area contributed by atoms with Crippen molar-refractivity contribution in [2.45, 2.75) is 6.61 Å². The number of nitrogens with one attached hydrogen (secondary N) is 1. The molecule has 6 nitrogen and oxygen atoms in total. The molecule has 0 bridgehead atoms. The minimum Gasteiger partial charge on any atom is -0.507 e. The van der Waals surface area contributed by atoms with Gasteiger partial charge in [0.15, 0.2) is 0 Å². The molecule has 0 aliphatic carbocycles. The van der Waals surface area contributed by atoms with Gasteiger partial charge in [-0.1, -0.05) is 35.9 Å². The van der Waals surface area contributed by atoms with E-state index < -0.39 is 5.91 Å². The van der Waals surface area contributed by atoms with E-state index in [4.69, 9.17) is 21.1 Å². The Morgan fingerprint density at radius 2 is 1.90 bits per heavy atom. The molecule has 0 saturated heterocycles. The molecule has 0 radical (unpaired) electrons. The molecule has 0 saturated carbocycles. The number of ether oxygens (including phenoxy) is 2. The predicted molar refractivity (Wildman–Crippen MR) is 112 cm³/mol. The molecule has 1 amide bonds. The zero-order chi connectivity index (χ0) is 20.6. The second-order valence-electron chi connectivity index (χ2n) is 6.07. The van der Waals surface area contributed by atoms with Crippen LogP contribution in [0.3, 0.4) is 0 Å². The average molecular weight is 411 g/mol. The fraction of sp³-hybridized carbons (Fsp3) is 0.0909. The number of aromatic hydroxyl groups is 1. The van der Waals surface area contributed by atoms with E-state index >= 15 is 0 Å². The number of carbonyl (C=O) groups is 1. The highest BCUT2D eigenvalue weighted by atomic mass is 35.5. The van der Waals surface area contributed by atoms with Crippen LogP contribution < -0.4 is 14.9 Å². The van der Waals surface area contributed by atoms with Crippen LogP contribution in [0.2, 0.25) is 5.02 Å². The third-order valence-electron chi connectivity index (χ3n) is 4.01. The molecule has 0 atom stereocenters. The summed E-state index contributed by atoms with van der Waals surface area (Å²) < 4.78 is 10.8. The number of carbonyl (C=O) groups excluding carboxylic acids is 1. The Morgan fingerprint density at radius 1 is 1.10 bits per heavy atom. The Morgan fingerprint density at radius 3 is 2.62 bits per heavy atom. The van der Waals surface area contributed by atoms with Gasteiger partial charge < -0.3 is 14.6 Å². The van der Waals surface area contributed by atoms with Gasteiger partial charge in [-0.2, -0.15) is 5.10 Å². The quantitative estimate of drug-likeness (QED) is 0.447. The van der Waals surface area contributed by atoms with Crippen molar-refractivity contribution < 1.29 is 19.4 Å². The van der Waals surface area contributed by atoms with Crippen molar-refractivity contribution >= 4 is 23.7 Å². The Labute approximate surface area is 173 Å². The van der Waals surface area contributed by atoms with Gasteiger partial charge in [-0.15, -0.1) is 0 Å². The van der Waals surface area contributed by atoms with E-state index in [-0.39, 0.29) is 11.3 Å². The van der Waals surface area contributed by atoms with E-state index in [1.54, 1.807) is 12.1 Å². The molecule has 0 spiro atoms. The standard InChI is InChI=1S/C22H19ClN2O4/c1-28-18-9-10-20(21(26)12-18)22(27)25-24-13-16-3-2-4-19(11-16)29-14-15-5-7-17(23)8-6-15/h2-13,26H,14H2,1H3,(H,25,27)/b24-13-. The third kappa shape index (κ3) is 5.73. The number of hydrazone groups is 1. The monoisotopic (exact) mass is 410 g/mol. The van der Waals surface area contributed by atoms with E-state index in [2.05, 4.69) is 10.5 Å². The summed E-state index contributed by atoms with van der Waals surface area (Å²) in [7, 11) is 1.48. The molecule has 2 N–H and O–H groups in total. The summed E-state index contributed by atoms with van der Waals surface area (Å²) in [5, 5.41) is 14.5. The minimum absolute atomic E-state index is 0.1000. The molecule has 0 heterocycles. The number of nitrogens with zero attached hydrogens (tertiary/aromatic N) is 1. The zero-order valence-corrected chi connectivity index (χ0v) is 16.4. The van der Waals surface area contributed by atoms with Gasteiger partial charge in [0.05, 0.1) is 18.9 Å². The van der Waals surface area contributed by atoms with Crippen LogP contribution in [0.4, 0.5) is 0 Å². The number of amides is 1. The van der Waals surface area contributed by atoms with E-state index in [9.17, 15) is 9.90 Å². The van der Waals surface area contributed by atoms with Gasteiger partial charge in [0, 0.05) is 11.1 Å². The predicted octanol–water partition coefficient (Wildman–Crippen LogP) is 4.40. The van der Waals surface area contributed by atoms with Crippen LogP contribution in [-0.4, -0.2) is 24.3 Å².